The molecule has 98 valence electrons. The Labute approximate surface area is 108 Å². The van der Waals surface area contributed by atoms with Crippen molar-refractivity contribution >= 4 is 35.7 Å². The standard InChI is InChI=1S/C9H16N2O4S2/c1-2-15-8(14)11(6-10-7(12)13)9-16-4-3-5-17-9/h9-10H,2-6H2,1H3,(H,12,13). The zero-order valence-corrected chi connectivity index (χ0v) is 11.2. The van der Waals surface area contributed by atoms with E-state index in [1.165, 1.54) is 4.90 Å². The van der Waals surface area contributed by atoms with E-state index in [9.17, 15) is 9.59 Å². The second kappa shape index (κ2) is 7.54. The number of carbonyl (C=O) groups is 2. The summed E-state index contributed by atoms with van der Waals surface area (Å²) in [7, 11) is 0. The summed E-state index contributed by atoms with van der Waals surface area (Å²) in [4.78, 5) is 23.6. The van der Waals surface area contributed by atoms with E-state index in [-0.39, 0.29) is 18.0 Å². The van der Waals surface area contributed by atoms with Crippen molar-refractivity contribution in [3.63, 3.8) is 0 Å². The van der Waals surface area contributed by atoms with Crippen molar-refractivity contribution in [2.75, 3.05) is 24.8 Å². The van der Waals surface area contributed by atoms with Crippen LogP contribution in [0.2, 0.25) is 0 Å². The van der Waals surface area contributed by atoms with E-state index < -0.39 is 12.2 Å². The molecule has 0 bridgehead atoms. The van der Waals surface area contributed by atoms with E-state index in [2.05, 4.69) is 5.32 Å². The van der Waals surface area contributed by atoms with E-state index in [0.29, 0.717) is 0 Å². The molecule has 0 saturated carbocycles. The van der Waals surface area contributed by atoms with Crippen LogP contribution >= 0.6 is 23.5 Å². The number of carboxylic acid groups (broad SMARTS) is 1. The van der Waals surface area contributed by atoms with Gasteiger partial charge in [0.2, 0.25) is 0 Å². The van der Waals surface area contributed by atoms with E-state index in [4.69, 9.17) is 9.84 Å². The number of rotatable bonds is 4. The maximum absolute atomic E-state index is 11.7. The lowest BCUT2D eigenvalue weighted by Crippen LogP contribution is -2.45. The minimum Gasteiger partial charge on any atom is -0.465 e. The third kappa shape index (κ3) is 4.95. The Balaban J connectivity index is 2.56. The smallest absolute Gasteiger partial charge is 0.412 e. The molecule has 2 amide bonds. The minimum absolute atomic E-state index is 0.0428. The summed E-state index contributed by atoms with van der Waals surface area (Å²) in [6.07, 6.45) is -0.521. The van der Waals surface area contributed by atoms with Crippen LogP contribution in [-0.2, 0) is 4.74 Å². The summed E-state index contributed by atoms with van der Waals surface area (Å²) in [5.41, 5.74) is 0. The zero-order chi connectivity index (χ0) is 12.7. The molecule has 1 saturated heterocycles. The molecule has 0 spiro atoms. The van der Waals surface area contributed by atoms with Crippen molar-refractivity contribution < 1.29 is 19.4 Å². The third-order valence-corrected chi connectivity index (χ3v) is 4.91. The lowest BCUT2D eigenvalue weighted by atomic mass is 10.6. The Morgan fingerprint density at radius 1 is 1.47 bits per heavy atom. The van der Waals surface area contributed by atoms with E-state index in [0.717, 1.165) is 17.9 Å². The van der Waals surface area contributed by atoms with Gasteiger partial charge in [-0.1, -0.05) is 0 Å². The van der Waals surface area contributed by atoms with Crippen LogP contribution in [0.4, 0.5) is 9.59 Å². The second-order valence-corrected chi connectivity index (χ2v) is 5.89. The molecule has 1 heterocycles. The summed E-state index contributed by atoms with van der Waals surface area (Å²) in [5.74, 6) is 1.95. The first-order valence-corrected chi connectivity index (χ1v) is 7.38. The topological polar surface area (TPSA) is 78.9 Å². The Bertz CT molecular complexity index is 272. The molecule has 1 aliphatic heterocycles. The van der Waals surface area contributed by atoms with Crippen LogP contribution in [0.25, 0.3) is 0 Å². The molecule has 1 aliphatic rings. The van der Waals surface area contributed by atoms with Gasteiger partial charge < -0.3 is 15.2 Å². The zero-order valence-electron chi connectivity index (χ0n) is 9.55. The normalized spacial score (nSPS) is 16.3. The summed E-state index contributed by atoms with van der Waals surface area (Å²) in [6, 6.07) is 0. The fraction of sp³-hybridized carbons (Fsp3) is 0.778. The molecule has 0 aromatic rings. The maximum atomic E-state index is 11.7. The lowest BCUT2D eigenvalue weighted by molar-refractivity contribution is 0.107. The van der Waals surface area contributed by atoms with Gasteiger partial charge in [0.15, 0.2) is 0 Å². The molecule has 6 nitrogen and oxygen atoms in total. The van der Waals surface area contributed by atoms with Crippen molar-refractivity contribution in [1.29, 1.82) is 0 Å². The maximum Gasteiger partial charge on any atom is 0.412 e. The Kier molecular flexibility index (Phi) is 6.35. The van der Waals surface area contributed by atoms with Gasteiger partial charge in [0.1, 0.15) is 11.4 Å². The third-order valence-electron chi connectivity index (χ3n) is 1.97. The van der Waals surface area contributed by atoms with Crippen molar-refractivity contribution in [2.24, 2.45) is 0 Å². The SMILES string of the molecule is CCOC(=O)N(CNC(=O)O)C1SCCCS1. The van der Waals surface area contributed by atoms with E-state index in [1.807, 2.05) is 0 Å². The van der Waals surface area contributed by atoms with Gasteiger partial charge in [-0.15, -0.1) is 23.5 Å². The molecule has 0 unspecified atom stereocenters. The van der Waals surface area contributed by atoms with Crippen molar-refractivity contribution in [3.8, 4) is 0 Å². The fourth-order valence-electron chi connectivity index (χ4n) is 1.24. The van der Waals surface area contributed by atoms with Crippen LogP contribution in [0, 0.1) is 0 Å². The number of nitrogens with zero attached hydrogens (tertiary/aromatic N) is 1. The Morgan fingerprint density at radius 3 is 2.65 bits per heavy atom. The summed E-state index contributed by atoms with van der Waals surface area (Å²) >= 11 is 3.26. The Morgan fingerprint density at radius 2 is 2.12 bits per heavy atom. The van der Waals surface area contributed by atoms with Gasteiger partial charge in [-0.2, -0.15) is 0 Å². The fourth-order valence-corrected chi connectivity index (χ4v) is 4.09. The van der Waals surface area contributed by atoms with Crippen molar-refractivity contribution in [1.82, 2.24) is 10.2 Å². The van der Waals surface area contributed by atoms with Gasteiger partial charge in [0.25, 0.3) is 0 Å². The average Bonchev–Trinajstić information content (AvgIpc) is 2.30. The van der Waals surface area contributed by atoms with Crippen LogP contribution in [0.3, 0.4) is 0 Å². The highest BCUT2D eigenvalue weighted by Gasteiger charge is 2.27. The molecule has 0 aromatic carbocycles. The summed E-state index contributed by atoms with van der Waals surface area (Å²) in [5, 5.41) is 10.8. The second-order valence-electron chi connectivity index (χ2n) is 3.21. The van der Waals surface area contributed by atoms with Crippen LogP contribution in [-0.4, -0.2) is 51.7 Å². The first kappa shape index (κ1) is 14.3. The summed E-state index contributed by atoms with van der Waals surface area (Å²) in [6.45, 7) is 1.96. The molecule has 17 heavy (non-hydrogen) atoms. The molecule has 8 heteroatoms. The number of hydrogen-bond acceptors (Lipinski definition) is 5. The number of nitrogens with one attached hydrogen (secondary N) is 1. The molecular weight excluding hydrogens is 264 g/mol. The van der Waals surface area contributed by atoms with Crippen LogP contribution < -0.4 is 5.32 Å². The van der Waals surface area contributed by atoms with Crippen molar-refractivity contribution in [2.45, 2.75) is 18.1 Å². The highest BCUT2D eigenvalue weighted by molar-refractivity contribution is 8.17. The molecule has 0 radical (unpaired) electrons. The molecule has 2 N–H and O–H groups in total. The number of carbonyl (C=O) groups excluding carboxylic acids is 1. The molecule has 1 fully saturated rings. The molecular formula is C9H16N2O4S2. The quantitative estimate of drug-likeness (QED) is 0.765. The molecule has 0 aromatic heterocycles. The van der Waals surface area contributed by atoms with E-state index >= 15 is 0 Å². The van der Waals surface area contributed by atoms with Gasteiger partial charge in [-0.25, -0.2) is 9.59 Å². The lowest BCUT2D eigenvalue weighted by Gasteiger charge is -2.31. The summed E-state index contributed by atoms with van der Waals surface area (Å²) < 4.78 is 4.84. The number of ether oxygens (including phenoxy) is 1. The molecule has 0 aliphatic carbocycles. The first-order chi connectivity index (χ1) is 8.15. The monoisotopic (exact) mass is 280 g/mol. The van der Waals surface area contributed by atoms with Crippen LogP contribution in [0.5, 0.6) is 0 Å². The van der Waals surface area contributed by atoms with Gasteiger partial charge in [0.05, 0.1) is 6.61 Å². The number of hydrogen-bond donors (Lipinski definition) is 2. The minimum atomic E-state index is -1.15. The number of thioether (sulfide) groups is 2. The van der Waals surface area contributed by atoms with Crippen LogP contribution in [0.15, 0.2) is 0 Å². The van der Waals surface area contributed by atoms with Gasteiger partial charge >= 0.3 is 12.2 Å². The van der Waals surface area contributed by atoms with Crippen molar-refractivity contribution in [3.05, 3.63) is 0 Å². The van der Waals surface area contributed by atoms with Gasteiger partial charge in [-0.05, 0) is 24.9 Å². The largest absolute Gasteiger partial charge is 0.465 e. The highest BCUT2D eigenvalue weighted by Crippen LogP contribution is 2.33. The van der Waals surface area contributed by atoms with Gasteiger partial charge in [-0.3, -0.25) is 4.90 Å². The number of amides is 2. The van der Waals surface area contributed by atoms with E-state index in [1.54, 1.807) is 30.4 Å². The first-order valence-electron chi connectivity index (χ1n) is 5.28. The predicted octanol–water partition coefficient (Wildman–Crippen LogP) is 1.82. The van der Waals surface area contributed by atoms with Gasteiger partial charge in [0, 0.05) is 0 Å². The highest BCUT2D eigenvalue weighted by atomic mass is 32.2. The predicted molar refractivity (Wildman–Crippen MR) is 68.2 cm³/mol. The molecule has 0 atom stereocenters. The Hall–Kier alpha value is -0.760. The molecule has 1 rings (SSSR count). The average molecular weight is 280 g/mol. The van der Waals surface area contributed by atoms with Crippen LogP contribution in [0.1, 0.15) is 13.3 Å².